The summed E-state index contributed by atoms with van der Waals surface area (Å²) in [5, 5.41) is 0. The topological polar surface area (TPSA) is 58.8 Å². The number of carbonyl (C=O) groups excluding carboxylic acids is 1. The first-order valence-electron chi connectivity index (χ1n) is 7.00. The van der Waals surface area contributed by atoms with Crippen LogP contribution in [0.1, 0.15) is 12.5 Å². The lowest BCUT2D eigenvalue weighted by Gasteiger charge is -2.29. The molecule has 0 aromatic heterocycles. The van der Waals surface area contributed by atoms with E-state index in [0.29, 0.717) is 6.54 Å². The SMILES string of the molecule is C[C@@H](N)C(=O)N(C)Cc1ccc(N2CCOCC2)cc1. The molecule has 0 radical (unpaired) electrons. The van der Waals surface area contributed by atoms with Crippen molar-refractivity contribution in [1.29, 1.82) is 0 Å². The van der Waals surface area contributed by atoms with Crippen molar-refractivity contribution >= 4 is 11.6 Å². The van der Waals surface area contributed by atoms with Gasteiger partial charge in [-0.05, 0) is 24.6 Å². The van der Waals surface area contributed by atoms with Gasteiger partial charge < -0.3 is 20.3 Å². The van der Waals surface area contributed by atoms with Gasteiger partial charge in [-0.1, -0.05) is 12.1 Å². The van der Waals surface area contributed by atoms with Crippen LogP contribution >= 0.6 is 0 Å². The number of anilines is 1. The second kappa shape index (κ2) is 6.72. The molecule has 2 N–H and O–H groups in total. The van der Waals surface area contributed by atoms with E-state index in [2.05, 4.69) is 29.2 Å². The van der Waals surface area contributed by atoms with Gasteiger partial charge in [0.25, 0.3) is 0 Å². The van der Waals surface area contributed by atoms with Crippen molar-refractivity contribution in [2.75, 3.05) is 38.3 Å². The summed E-state index contributed by atoms with van der Waals surface area (Å²) in [5.41, 5.74) is 7.92. The van der Waals surface area contributed by atoms with Gasteiger partial charge in [-0.15, -0.1) is 0 Å². The molecule has 1 heterocycles. The molecule has 1 aliphatic heterocycles. The van der Waals surface area contributed by atoms with Crippen molar-refractivity contribution < 1.29 is 9.53 Å². The third-order valence-electron chi connectivity index (χ3n) is 3.50. The molecule has 2 rings (SSSR count). The Kier molecular flexibility index (Phi) is 4.98. The number of rotatable bonds is 4. The Balaban J connectivity index is 1.95. The van der Waals surface area contributed by atoms with E-state index in [1.807, 2.05) is 0 Å². The normalized spacial score (nSPS) is 16.9. The fraction of sp³-hybridized carbons (Fsp3) is 0.533. The van der Waals surface area contributed by atoms with Gasteiger partial charge in [0.05, 0.1) is 19.3 Å². The van der Waals surface area contributed by atoms with E-state index in [1.165, 1.54) is 5.69 Å². The Morgan fingerprint density at radius 3 is 2.50 bits per heavy atom. The first-order valence-corrected chi connectivity index (χ1v) is 7.00. The molecule has 1 aromatic rings. The van der Waals surface area contributed by atoms with Crippen molar-refractivity contribution in [2.45, 2.75) is 19.5 Å². The Bertz CT molecular complexity index is 439. The molecule has 5 nitrogen and oxygen atoms in total. The lowest BCUT2D eigenvalue weighted by Crippen LogP contribution is -2.39. The summed E-state index contributed by atoms with van der Waals surface area (Å²) in [6.45, 7) is 5.73. The van der Waals surface area contributed by atoms with Gasteiger partial charge in [-0.3, -0.25) is 4.79 Å². The second-order valence-electron chi connectivity index (χ2n) is 5.25. The van der Waals surface area contributed by atoms with E-state index in [1.54, 1.807) is 18.9 Å². The van der Waals surface area contributed by atoms with E-state index in [4.69, 9.17) is 10.5 Å². The second-order valence-corrected chi connectivity index (χ2v) is 5.25. The molecule has 5 heteroatoms. The zero-order chi connectivity index (χ0) is 14.5. The number of benzene rings is 1. The molecular weight excluding hydrogens is 254 g/mol. The third-order valence-corrected chi connectivity index (χ3v) is 3.50. The summed E-state index contributed by atoms with van der Waals surface area (Å²) >= 11 is 0. The standard InChI is InChI=1S/C15H23N3O2/c1-12(16)15(19)17(2)11-13-3-5-14(6-4-13)18-7-9-20-10-8-18/h3-6,12H,7-11,16H2,1-2H3/t12-/m1/s1. The maximum Gasteiger partial charge on any atom is 0.239 e. The van der Waals surface area contributed by atoms with Crippen LogP contribution in [0.2, 0.25) is 0 Å². The van der Waals surface area contributed by atoms with Crippen molar-refractivity contribution in [1.82, 2.24) is 4.90 Å². The molecule has 20 heavy (non-hydrogen) atoms. The van der Waals surface area contributed by atoms with Crippen LogP contribution in [0.15, 0.2) is 24.3 Å². The maximum absolute atomic E-state index is 11.7. The van der Waals surface area contributed by atoms with Crippen LogP contribution in [-0.2, 0) is 16.1 Å². The zero-order valence-electron chi connectivity index (χ0n) is 12.2. The van der Waals surface area contributed by atoms with E-state index < -0.39 is 6.04 Å². The predicted molar refractivity (Wildman–Crippen MR) is 79.6 cm³/mol. The van der Waals surface area contributed by atoms with Crippen molar-refractivity contribution in [2.24, 2.45) is 5.73 Å². The van der Waals surface area contributed by atoms with E-state index >= 15 is 0 Å². The minimum atomic E-state index is -0.451. The van der Waals surface area contributed by atoms with Gasteiger partial charge in [0.1, 0.15) is 0 Å². The van der Waals surface area contributed by atoms with Crippen molar-refractivity contribution in [3.63, 3.8) is 0 Å². The molecule has 1 atom stereocenters. The lowest BCUT2D eigenvalue weighted by molar-refractivity contribution is -0.131. The Morgan fingerprint density at radius 2 is 1.95 bits per heavy atom. The monoisotopic (exact) mass is 277 g/mol. The van der Waals surface area contributed by atoms with Crippen molar-refractivity contribution in [3.8, 4) is 0 Å². The fourth-order valence-electron chi connectivity index (χ4n) is 2.33. The molecule has 0 aliphatic carbocycles. The van der Waals surface area contributed by atoms with E-state index in [-0.39, 0.29) is 5.91 Å². The van der Waals surface area contributed by atoms with Crippen LogP contribution in [0.3, 0.4) is 0 Å². The molecule has 1 fully saturated rings. The minimum absolute atomic E-state index is 0.0396. The summed E-state index contributed by atoms with van der Waals surface area (Å²) in [5.74, 6) is -0.0396. The number of carbonyl (C=O) groups is 1. The molecule has 1 amide bonds. The van der Waals surface area contributed by atoms with E-state index in [0.717, 1.165) is 31.9 Å². The highest BCUT2D eigenvalue weighted by atomic mass is 16.5. The number of hydrogen-bond acceptors (Lipinski definition) is 4. The van der Waals surface area contributed by atoms with Gasteiger partial charge in [-0.2, -0.15) is 0 Å². The highest BCUT2D eigenvalue weighted by molar-refractivity contribution is 5.80. The minimum Gasteiger partial charge on any atom is -0.378 e. The molecule has 1 saturated heterocycles. The van der Waals surface area contributed by atoms with Gasteiger partial charge in [0, 0.05) is 32.4 Å². The Morgan fingerprint density at radius 1 is 1.35 bits per heavy atom. The summed E-state index contributed by atoms with van der Waals surface area (Å²) < 4.78 is 5.35. The molecule has 110 valence electrons. The summed E-state index contributed by atoms with van der Waals surface area (Å²) in [7, 11) is 1.78. The molecule has 0 unspecified atom stereocenters. The molecule has 0 bridgehead atoms. The van der Waals surface area contributed by atoms with Gasteiger partial charge in [0.2, 0.25) is 5.91 Å². The average molecular weight is 277 g/mol. The number of likely N-dealkylation sites (N-methyl/N-ethyl adjacent to an activating group) is 1. The molecule has 1 aliphatic rings. The fourth-order valence-corrected chi connectivity index (χ4v) is 2.33. The number of ether oxygens (including phenoxy) is 1. The first kappa shape index (κ1) is 14.8. The van der Waals surface area contributed by atoms with Crippen LogP contribution in [0.5, 0.6) is 0 Å². The quantitative estimate of drug-likeness (QED) is 0.885. The van der Waals surface area contributed by atoms with Crippen LogP contribution in [0, 0.1) is 0 Å². The number of hydrogen-bond donors (Lipinski definition) is 1. The van der Waals surface area contributed by atoms with Gasteiger partial charge >= 0.3 is 0 Å². The average Bonchev–Trinajstić information content (AvgIpc) is 2.48. The van der Waals surface area contributed by atoms with Crippen LogP contribution in [0.25, 0.3) is 0 Å². The molecular formula is C15H23N3O2. The predicted octanol–water partition coefficient (Wildman–Crippen LogP) is 0.829. The lowest BCUT2D eigenvalue weighted by atomic mass is 10.1. The Hall–Kier alpha value is -1.59. The molecule has 1 aromatic carbocycles. The van der Waals surface area contributed by atoms with Gasteiger partial charge in [0.15, 0.2) is 0 Å². The highest BCUT2D eigenvalue weighted by Gasteiger charge is 2.14. The van der Waals surface area contributed by atoms with Gasteiger partial charge in [-0.25, -0.2) is 0 Å². The summed E-state index contributed by atoms with van der Waals surface area (Å²) in [6, 6.07) is 7.88. The number of morpholine rings is 1. The van der Waals surface area contributed by atoms with Crippen LogP contribution in [0.4, 0.5) is 5.69 Å². The first-order chi connectivity index (χ1) is 9.58. The number of amides is 1. The highest BCUT2D eigenvalue weighted by Crippen LogP contribution is 2.17. The summed E-state index contributed by atoms with van der Waals surface area (Å²) in [4.78, 5) is 15.7. The molecule has 0 spiro atoms. The largest absolute Gasteiger partial charge is 0.378 e. The smallest absolute Gasteiger partial charge is 0.239 e. The van der Waals surface area contributed by atoms with Crippen molar-refractivity contribution in [3.05, 3.63) is 29.8 Å². The molecule has 0 saturated carbocycles. The van der Waals surface area contributed by atoms with Crippen LogP contribution < -0.4 is 10.6 Å². The number of nitrogens with two attached hydrogens (primary N) is 1. The zero-order valence-corrected chi connectivity index (χ0v) is 12.2. The van der Waals surface area contributed by atoms with Crippen LogP contribution in [-0.4, -0.2) is 50.2 Å². The number of nitrogens with zero attached hydrogens (tertiary/aromatic N) is 2. The van der Waals surface area contributed by atoms with E-state index in [9.17, 15) is 4.79 Å². The summed E-state index contributed by atoms with van der Waals surface area (Å²) in [6.07, 6.45) is 0. The Labute approximate surface area is 120 Å². The third kappa shape index (κ3) is 3.71. The maximum atomic E-state index is 11.7.